The van der Waals surface area contributed by atoms with Crippen LogP contribution in [0, 0.1) is 17.0 Å². The van der Waals surface area contributed by atoms with E-state index in [1.54, 1.807) is 0 Å². The maximum atomic E-state index is 13.5. The van der Waals surface area contributed by atoms with Gasteiger partial charge in [0.25, 0.3) is 0 Å². The Bertz CT molecular complexity index is 554. The Kier molecular flexibility index (Phi) is 3.74. The van der Waals surface area contributed by atoms with Gasteiger partial charge < -0.3 is 10.6 Å². The minimum atomic E-state index is -1.33. The smallest absolute Gasteiger partial charge is 0.239 e. The van der Waals surface area contributed by atoms with E-state index in [4.69, 9.17) is 0 Å². The molecule has 0 atom stereocenters. The van der Waals surface area contributed by atoms with Gasteiger partial charge in [-0.1, -0.05) is 0 Å². The fraction of sp³-hybridized carbons (Fsp3) is 0.429. The number of halogens is 2. The van der Waals surface area contributed by atoms with Gasteiger partial charge in [-0.05, 0) is 38.8 Å². The Morgan fingerprint density at radius 2 is 1.85 bits per heavy atom. The molecule has 1 saturated carbocycles. The van der Waals surface area contributed by atoms with Crippen molar-refractivity contribution >= 4 is 17.5 Å². The third-order valence-electron chi connectivity index (χ3n) is 3.23. The first kappa shape index (κ1) is 14.4. The zero-order valence-electron chi connectivity index (χ0n) is 11.3. The Hall–Kier alpha value is -1.98. The van der Waals surface area contributed by atoms with Gasteiger partial charge in [0, 0.05) is 12.1 Å². The molecule has 4 nitrogen and oxygen atoms in total. The molecule has 6 heteroatoms. The quantitative estimate of drug-likeness (QED) is 0.832. The summed E-state index contributed by atoms with van der Waals surface area (Å²) < 4.78 is 26.2. The fourth-order valence-electron chi connectivity index (χ4n) is 1.57. The molecule has 2 amide bonds. The second-order valence-electron chi connectivity index (χ2n) is 5.45. The number of rotatable bonds is 4. The lowest BCUT2D eigenvalue weighted by Gasteiger charge is -2.22. The molecule has 1 aromatic rings. The van der Waals surface area contributed by atoms with E-state index in [0.29, 0.717) is 6.07 Å². The highest BCUT2D eigenvalue weighted by atomic mass is 19.1. The van der Waals surface area contributed by atoms with Crippen LogP contribution in [0.5, 0.6) is 0 Å². The topological polar surface area (TPSA) is 58.2 Å². The Morgan fingerprint density at radius 1 is 1.20 bits per heavy atom. The average Bonchev–Trinajstić information content (AvgIpc) is 3.16. The summed E-state index contributed by atoms with van der Waals surface area (Å²) >= 11 is 0. The van der Waals surface area contributed by atoms with E-state index in [-0.39, 0.29) is 11.7 Å². The van der Waals surface area contributed by atoms with Crippen LogP contribution in [-0.4, -0.2) is 17.9 Å². The van der Waals surface area contributed by atoms with E-state index in [1.165, 1.54) is 13.8 Å². The molecule has 2 rings (SSSR count). The van der Waals surface area contributed by atoms with Gasteiger partial charge in [-0.15, -0.1) is 0 Å². The standard InChI is InChI=1S/C14H16F2N2O2/c1-14(2,12(19)17-9-4-5-9)13(20)18-11-6-3-8(15)7-10(11)16/h3,6-7,9H,4-5H2,1-2H3,(H,17,19)(H,18,20). The predicted octanol–water partition coefficient (Wildman–Crippen LogP) is 2.21. The number of carbonyl (C=O) groups excluding carboxylic acids is 2. The maximum Gasteiger partial charge on any atom is 0.239 e. The minimum absolute atomic E-state index is 0.136. The summed E-state index contributed by atoms with van der Waals surface area (Å²) in [4.78, 5) is 24.0. The Morgan fingerprint density at radius 3 is 2.40 bits per heavy atom. The van der Waals surface area contributed by atoms with Crippen molar-refractivity contribution < 1.29 is 18.4 Å². The van der Waals surface area contributed by atoms with Crippen LogP contribution < -0.4 is 10.6 Å². The van der Waals surface area contributed by atoms with Gasteiger partial charge in [-0.3, -0.25) is 9.59 Å². The van der Waals surface area contributed by atoms with E-state index < -0.39 is 28.9 Å². The van der Waals surface area contributed by atoms with Crippen LogP contribution in [0.15, 0.2) is 18.2 Å². The number of amides is 2. The summed E-state index contributed by atoms with van der Waals surface area (Å²) in [5.74, 6) is -2.65. The normalized spacial score (nSPS) is 14.8. The van der Waals surface area contributed by atoms with Crippen LogP contribution in [-0.2, 0) is 9.59 Å². The van der Waals surface area contributed by atoms with Crippen LogP contribution in [0.4, 0.5) is 14.5 Å². The van der Waals surface area contributed by atoms with Gasteiger partial charge in [0.1, 0.15) is 17.0 Å². The van der Waals surface area contributed by atoms with Crippen LogP contribution in [0.2, 0.25) is 0 Å². The summed E-state index contributed by atoms with van der Waals surface area (Å²) in [5, 5.41) is 5.04. The molecule has 0 aliphatic heterocycles. The van der Waals surface area contributed by atoms with E-state index in [2.05, 4.69) is 10.6 Å². The summed E-state index contributed by atoms with van der Waals surface area (Å²) in [6.45, 7) is 2.92. The van der Waals surface area contributed by atoms with E-state index in [0.717, 1.165) is 25.0 Å². The lowest BCUT2D eigenvalue weighted by Crippen LogP contribution is -2.45. The van der Waals surface area contributed by atoms with Crippen molar-refractivity contribution in [2.45, 2.75) is 32.7 Å². The number of nitrogens with one attached hydrogen (secondary N) is 2. The van der Waals surface area contributed by atoms with Crippen LogP contribution in [0.1, 0.15) is 26.7 Å². The average molecular weight is 282 g/mol. The molecule has 0 unspecified atom stereocenters. The molecule has 0 heterocycles. The first-order valence-electron chi connectivity index (χ1n) is 6.38. The third-order valence-corrected chi connectivity index (χ3v) is 3.23. The Balaban J connectivity index is 2.07. The number of hydrogen-bond donors (Lipinski definition) is 2. The SMILES string of the molecule is CC(C)(C(=O)Nc1ccc(F)cc1F)C(=O)NC1CC1. The molecule has 0 saturated heterocycles. The lowest BCUT2D eigenvalue weighted by molar-refractivity contribution is -0.138. The van der Waals surface area contributed by atoms with E-state index >= 15 is 0 Å². The molecule has 0 radical (unpaired) electrons. The molecule has 108 valence electrons. The molecule has 1 aromatic carbocycles. The highest BCUT2D eigenvalue weighted by Crippen LogP contribution is 2.25. The van der Waals surface area contributed by atoms with Crippen molar-refractivity contribution in [3.8, 4) is 0 Å². The molecule has 1 fully saturated rings. The number of hydrogen-bond acceptors (Lipinski definition) is 2. The van der Waals surface area contributed by atoms with Crippen LogP contribution >= 0.6 is 0 Å². The predicted molar refractivity (Wildman–Crippen MR) is 69.9 cm³/mol. The van der Waals surface area contributed by atoms with Gasteiger partial charge in [0.2, 0.25) is 11.8 Å². The van der Waals surface area contributed by atoms with Crippen molar-refractivity contribution in [2.24, 2.45) is 5.41 Å². The first-order chi connectivity index (χ1) is 9.30. The molecule has 2 N–H and O–H groups in total. The number of carbonyl (C=O) groups is 2. The zero-order chi connectivity index (χ0) is 14.9. The van der Waals surface area contributed by atoms with Crippen molar-refractivity contribution in [3.05, 3.63) is 29.8 Å². The molecule has 20 heavy (non-hydrogen) atoms. The van der Waals surface area contributed by atoms with Gasteiger partial charge >= 0.3 is 0 Å². The van der Waals surface area contributed by atoms with Crippen LogP contribution in [0.3, 0.4) is 0 Å². The largest absolute Gasteiger partial charge is 0.352 e. The number of anilines is 1. The van der Waals surface area contributed by atoms with Crippen molar-refractivity contribution in [3.63, 3.8) is 0 Å². The zero-order valence-corrected chi connectivity index (χ0v) is 11.3. The summed E-state index contributed by atoms with van der Waals surface area (Å²) in [6, 6.07) is 2.97. The fourth-order valence-corrected chi connectivity index (χ4v) is 1.57. The summed E-state index contributed by atoms with van der Waals surface area (Å²) in [5.41, 5.74) is -1.48. The molecule has 0 aromatic heterocycles. The monoisotopic (exact) mass is 282 g/mol. The molecule has 0 bridgehead atoms. The van der Waals surface area contributed by atoms with Crippen molar-refractivity contribution in [1.82, 2.24) is 5.32 Å². The summed E-state index contributed by atoms with van der Waals surface area (Å²) in [6.07, 6.45) is 1.83. The molecule has 1 aliphatic rings. The van der Waals surface area contributed by atoms with Crippen LogP contribution in [0.25, 0.3) is 0 Å². The van der Waals surface area contributed by atoms with E-state index in [9.17, 15) is 18.4 Å². The molecular weight excluding hydrogens is 266 g/mol. The number of benzene rings is 1. The highest BCUT2D eigenvalue weighted by molar-refractivity contribution is 6.10. The highest BCUT2D eigenvalue weighted by Gasteiger charge is 2.39. The van der Waals surface area contributed by atoms with Gasteiger partial charge in [0.15, 0.2) is 0 Å². The lowest BCUT2D eigenvalue weighted by atomic mass is 9.91. The minimum Gasteiger partial charge on any atom is -0.352 e. The van der Waals surface area contributed by atoms with E-state index in [1.807, 2.05) is 0 Å². The van der Waals surface area contributed by atoms with Gasteiger partial charge in [-0.25, -0.2) is 8.78 Å². The molecule has 1 aliphatic carbocycles. The van der Waals surface area contributed by atoms with Crippen molar-refractivity contribution in [2.75, 3.05) is 5.32 Å². The Labute approximate surface area is 115 Å². The molecular formula is C14H16F2N2O2. The first-order valence-corrected chi connectivity index (χ1v) is 6.38. The summed E-state index contributed by atoms with van der Waals surface area (Å²) in [7, 11) is 0. The van der Waals surface area contributed by atoms with Gasteiger partial charge in [-0.2, -0.15) is 0 Å². The second kappa shape index (κ2) is 5.19. The maximum absolute atomic E-state index is 13.5. The third kappa shape index (κ3) is 3.12. The second-order valence-corrected chi connectivity index (χ2v) is 5.45. The van der Waals surface area contributed by atoms with Crippen molar-refractivity contribution in [1.29, 1.82) is 0 Å². The molecule has 0 spiro atoms. The van der Waals surface area contributed by atoms with Gasteiger partial charge in [0.05, 0.1) is 5.69 Å².